The summed E-state index contributed by atoms with van der Waals surface area (Å²) in [5.41, 5.74) is 5.11. The monoisotopic (exact) mass is 199 g/mol. The van der Waals surface area contributed by atoms with Gasteiger partial charge >= 0.3 is 0 Å². The lowest BCUT2D eigenvalue weighted by Crippen LogP contribution is -2.28. The maximum atomic E-state index is 11.0. The van der Waals surface area contributed by atoms with E-state index in [4.69, 9.17) is 10.9 Å². The summed E-state index contributed by atoms with van der Waals surface area (Å²) in [6.07, 6.45) is -0.172. The molecule has 0 radical (unpaired) electrons. The zero-order valence-corrected chi connectivity index (χ0v) is 7.14. The van der Waals surface area contributed by atoms with E-state index in [9.17, 15) is 4.79 Å². The van der Waals surface area contributed by atoms with Gasteiger partial charge in [-0.1, -0.05) is 10.4 Å². The Morgan fingerprint density at radius 3 is 3.07 bits per heavy atom. The molecular weight excluding hydrogens is 190 g/mol. The fourth-order valence-electron chi connectivity index (χ4n) is 0.697. The average Bonchev–Trinajstić information content (AvgIpc) is 2.67. The molecule has 0 aliphatic rings. The van der Waals surface area contributed by atoms with Crippen molar-refractivity contribution in [2.75, 3.05) is 0 Å². The maximum Gasteiger partial charge on any atom is 0.228 e. The number of amides is 1. The number of H-pyrrole nitrogens is 1. The fraction of sp³-hybridized carbons (Fsp3) is 0.400. The van der Waals surface area contributed by atoms with Gasteiger partial charge in [0.25, 0.3) is 0 Å². The van der Waals surface area contributed by atoms with Crippen LogP contribution in [0.3, 0.4) is 0 Å². The molecule has 0 spiro atoms. The van der Waals surface area contributed by atoms with Crippen molar-refractivity contribution in [3.63, 3.8) is 0 Å². The highest BCUT2D eigenvalue weighted by Gasteiger charge is 2.05. The van der Waals surface area contributed by atoms with E-state index in [1.807, 2.05) is 0 Å². The summed E-state index contributed by atoms with van der Waals surface area (Å²) in [7, 11) is 0. The lowest BCUT2D eigenvalue weighted by molar-refractivity contribution is -0.120. The Morgan fingerprint density at radius 2 is 2.50 bits per heavy atom. The second-order valence-electron chi connectivity index (χ2n) is 2.37. The van der Waals surface area contributed by atoms with E-state index in [0.29, 0.717) is 5.82 Å². The van der Waals surface area contributed by atoms with Crippen molar-refractivity contribution in [1.82, 2.24) is 25.9 Å². The van der Waals surface area contributed by atoms with Crippen LogP contribution in [0.1, 0.15) is 12.2 Å². The number of carbonyl (C=O) groups is 1. The summed E-state index contributed by atoms with van der Waals surface area (Å²) in [6.45, 7) is 0.147. The molecule has 5 N–H and O–H groups in total. The van der Waals surface area contributed by atoms with Gasteiger partial charge in [-0.25, -0.2) is 0 Å². The minimum Gasteiger partial charge on any atom is -0.409 e. The first kappa shape index (κ1) is 9.89. The normalized spacial score (nSPS) is 11.3. The quantitative estimate of drug-likeness (QED) is 0.190. The Bertz CT molecular complexity index is 319. The molecule has 1 heterocycles. The van der Waals surface area contributed by atoms with Gasteiger partial charge in [0.1, 0.15) is 5.84 Å². The van der Waals surface area contributed by atoms with E-state index in [2.05, 4.69) is 31.1 Å². The van der Waals surface area contributed by atoms with Gasteiger partial charge in [0.05, 0.1) is 13.0 Å². The third kappa shape index (κ3) is 3.05. The van der Waals surface area contributed by atoms with Crippen LogP contribution in [0.15, 0.2) is 5.16 Å². The van der Waals surface area contributed by atoms with E-state index in [1.54, 1.807) is 0 Å². The van der Waals surface area contributed by atoms with Gasteiger partial charge in [-0.15, -0.1) is 10.2 Å². The number of aromatic nitrogens is 4. The van der Waals surface area contributed by atoms with Crippen molar-refractivity contribution in [2.45, 2.75) is 13.0 Å². The number of oxime groups is 1. The molecule has 9 nitrogen and oxygen atoms in total. The van der Waals surface area contributed by atoms with Gasteiger partial charge in [0.2, 0.25) is 5.91 Å². The van der Waals surface area contributed by atoms with Crippen LogP contribution in [-0.4, -0.2) is 37.6 Å². The maximum absolute atomic E-state index is 11.0. The predicted molar refractivity (Wildman–Crippen MR) is 44.1 cm³/mol. The number of nitrogens with zero attached hydrogens (tertiary/aromatic N) is 4. The van der Waals surface area contributed by atoms with Gasteiger partial charge in [0.15, 0.2) is 5.82 Å². The number of aromatic amines is 1. The summed E-state index contributed by atoms with van der Waals surface area (Å²) >= 11 is 0. The molecular formula is C5H9N7O2. The van der Waals surface area contributed by atoms with Crippen LogP contribution >= 0.6 is 0 Å². The van der Waals surface area contributed by atoms with Crippen LogP contribution in [0.5, 0.6) is 0 Å². The van der Waals surface area contributed by atoms with Crippen molar-refractivity contribution in [3.05, 3.63) is 5.82 Å². The van der Waals surface area contributed by atoms with Crippen LogP contribution in [0.2, 0.25) is 0 Å². The Morgan fingerprint density at radius 1 is 1.71 bits per heavy atom. The summed E-state index contributed by atoms with van der Waals surface area (Å²) in [5.74, 6) is -0.182. The molecule has 1 aromatic heterocycles. The minimum absolute atomic E-state index is 0.147. The topological polar surface area (TPSA) is 142 Å². The van der Waals surface area contributed by atoms with E-state index < -0.39 is 0 Å². The van der Waals surface area contributed by atoms with Gasteiger partial charge in [0, 0.05) is 0 Å². The van der Waals surface area contributed by atoms with Crippen molar-refractivity contribution >= 4 is 11.7 Å². The number of rotatable bonds is 4. The zero-order chi connectivity index (χ0) is 10.4. The second kappa shape index (κ2) is 4.74. The molecule has 14 heavy (non-hydrogen) atoms. The Hall–Kier alpha value is -2.19. The van der Waals surface area contributed by atoms with Crippen molar-refractivity contribution in [1.29, 1.82) is 0 Å². The number of nitrogens with two attached hydrogens (primary N) is 1. The highest BCUT2D eigenvalue weighted by Crippen LogP contribution is 1.84. The van der Waals surface area contributed by atoms with E-state index >= 15 is 0 Å². The van der Waals surface area contributed by atoms with E-state index in [1.165, 1.54) is 0 Å². The summed E-state index contributed by atoms with van der Waals surface area (Å²) < 4.78 is 0. The smallest absolute Gasteiger partial charge is 0.228 e. The largest absolute Gasteiger partial charge is 0.409 e. The standard InChI is InChI=1S/C5H9N7O2/c6-3(10-14)1-5(13)7-2-4-8-11-12-9-4/h14H,1-2H2,(H2,6,10)(H,7,13)(H,8,9,11,12). The first-order chi connectivity index (χ1) is 6.72. The summed E-state index contributed by atoms with van der Waals surface area (Å²) in [5, 5.41) is 26.1. The molecule has 0 bridgehead atoms. The molecule has 0 saturated carbocycles. The van der Waals surface area contributed by atoms with Crippen LogP contribution in [-0.2, 0) is 11.3 Å². The third-order valence-electron chi connectivity index (χ3n) is 1.30. The molecule has 0 aliphatic carbocycles. The average molecular weight is 199 g/mol. The van der Waals surface area contributed by atoms with Crippen molar-refractivity contribution in [2.24, 2.45) is 10.9 Å². The van der Waals surface area contributed by atoms with E-state index in [0.717, 1.165) is 0 Å². The highest BCUT2D eigenvalue weighted by atomic mass is 16.4. The van der Waals surface area contributed by atoms with Gasteiger partial charge in [-0.2, -0.15) is 5.21 Å². The number of hydrogen-bond acceptors (Lipinski definition) is 6. The van der Waals surface area contributed by atoms with E-state index in [-0.39, 0.29) is 24.7 Å². The number of carbonyl (C=O) groups excluding carboxylic acids is 1. The molecule has 0 aromatic carbocycles. The van der Waals surface area contributed by atoms with Crippen LogP contribution in [0.25, 0.3) is 0 Å². The number of amidine groups is 1. The van der Waals surface area contributed by atoms with Gasteiger partial charge < -0.3 is 16.3 Å². The molecule has 0 saturated heterocycles. The van der Waals surface area contributed by atoms with Gasteiger partial charge in [-0.05, 0) is 0 Å². The fourth-order valence-corrected chi connectivity index (χ4v) is 0.697. The van der Waals surface area contributed by atoms with Crippen LogP contribution in [0.4, 0.5) is 0 Å². The van der Waals surface area contributed by atoms with Crippen LogP contribution in [0, 0.1) is 0 Å². The predicted octanol–water partition coefficient (Wildman–Crippen LogP) is -2.05. The van der Waals surface area contributed by atoms with Crippen LogP contribution < -0.4 is 11.1 Å². The minimum atomic E-state index is -0.384. The van der Waals surface area contributed by atoms with Crippen molar-refractivity contribution < 1.29 is 10.0 Å². The molecule has 9 heteroatoms. The molecule has 76 valence electrons. The number of tetrazole rings is 1. The molecule has 1 amide bonds. The zero-order valence-electron chi connectivity index (χ0n) is 7.14. The van der Waals surface area contributed by atoms with Gasteiger partial charge in [-0.3, -0.25) is 4.79 Å². The molecule has 1 aromatic rings. The highest BCUT2D eigenvalue weighted by molar-refractivity contribution is 5.98. The molecule has 0 aliphatic heterocycles. The SMILES string of the molecule is NC(CC(=O)NCc1nn[nH]n1)=NO. The number of nitrogens with one attached hydrogen (secondary N) is 2. The Balaban J connectivity index is 2.29. The number of hydrogen-bond donors (Lipinski definition) is 4. The lowest BCUT2D eigenvalue weighted by atomic mass is 10.4. The molecule has 1 rings (SSSR count). The summed E-state index contributed by atoms with van der Waals surface area (Å²) in [6, 6.07) is 0. The first-order valence-corrected chi connectivity index (χ1v) is 3.68. The molecule has 0 fully saturated rings. The van der Waals surface area contributed by atoms with Crippen molar-refractivity contribution in [3.8, 4) is 0 Å². The lowest BCUT2D eigenvalue weighted by Gasteiger charge is -2.00. The molecule has 0 atom stereocenters. The third-order valence-corrected chi connectivity index (χ3v) is 1.30. The first-order valence-electron chi connectivity index (χ1n) is 3.68. The Kier molecular flexibility index (Phi) is 3.35. The second-order valence-corrected chi connectivity index (χ2v) is 2.37. The molecule has 0 unspecified atom stereocenters. The Labute approximate surface area is 78.4 Å². The summed E-state index contributed by atoms with van der Waals surface area (Å²) in [4.78, 5) is 11.0.